The van der Waals surface area contributed by atoms with E-state index < -0.39 is 0 Å². The minimum absolute atomic E-state index is 0.122. The van der Waals surface area contributed by atoms with Crippen molar-refractivity contribution in [3.63, 3.8) is 0 Å². The summed E-state index contributed by atoms with van der Waals surface area (Å²) in [6, 6.07) is 11.3. The molecule has 0 bridgehead atoms. The number of ether oxygens (including phenoxy) is 3. The van der Waals surface area contributed by atoms with Crippen LogP contribution in [0.4, 0.5) is 5.69 Å². The Morgan fingerprint density at radius 1 is 1.13 bits per heavy atom. The molecule has 0 fully saturated rings. The molecule has 7 nitrogen and oxygen atoms in total. The molecule has 1 N–H and O–H groups in total. The van der Waals surface area contributed by atoms with Gasteiger partial charge in [-0.15, -0.1) is 0 Å². The Morgan fingerprint density at radius 3 is 2.55 bits per heavy atom. The van der Waals surface area contributed by atoms with Gasteiger partial charge in [-0.2, -0.15) is 0 Å². The molecule has 166 valence electrons. The molecule has 0 aromatic heterocycles. The summed E-state index contributed by atoms with van der Waals surface area (Å²) in [4.78, 5) is 27.1. The first-order valence-electron chi connectivity index (χ1n) is 10.5. The number of anilines is 1. The van der Waals surface area contributed by atoms with Crippen LogP contribution in [0.1, 0.15) is 36.1 Å². The van der Waals surface area contributed by atoms with Gasteiger partial charge in [0.1, 0.15) is 0 Å². The van der Waals surface area contributed by atoms with E-state index in [1.807, 2.05) is 48.2 Å². The van der Waals surface area contributed by atoms with Gasteiger partial charge >= 0.3 is 5.97 Å². The third-order valence-corrected chi connectivity index (χ3v) is 5.43. The molecule has 0 spiro atoms. The molecular weight excluding hydrogens is 396 g/mol. The van der Waals surface area contributed by atoms with Crippen molar-refractivity contribution in [2.45, 2.75) is 32.7 Å². The lowest BCUT2D eigenvalue weighted by Crippen LogP contribution is -2.41. The highest BCUT2D eigenvalue weighted by atomic mass is 16.5. The normalized spacial score (nSPS) is 15.7. The molecule has 7 heteroatoms. The fraction of sp³-hybridized carbons (Fsp3) is 0.417. The Bertz CT molecular complexity index is 944. The van der Waals surface area contributed by atoms with Crippen LogP contribution in [0.2, 0.25) is 0 Å². The maximum absolute atomic E-state index is 12.8. The van der Waals surface area contributed by atoms with E-state index in [9.17, 15) is 9.59 Å². The van der Waals surface area contributed by atoms with Gasteiger partial charge in [0.15, 0.2) is 11.5 Å². The van der Waals surface area contributed by atoms with E-state index in [4.69, 9.17) is 14.2 Å². The summed E-state index contributed by atoms with van der Waals surface area (Å²) >= 11 is 0. The molecule has 1 atom stereocenters. The molecule has 1 aliphatic heterocycles. The summed E-state index contributed by atoms with van der Waals surface area (Å²) in [5.74, 6) is 0.838. The van der Waals surface area contributed by atoms with Gasteiger partial charge in [-0.05, 0) is 61.2 Å². The number of methoxy groups -OCH3 is 2. The fourth-order valence-electron chi connectivity index (χ4n) is 3.99. The topological polar surface area (TPSA) is 77.1 Å². The lowest BCUT2D eigenvalue weighted by Gasteiger charge is -2.37. The third kappa shape index (κ3) is 5.55. The molecule has 1 heterocycles. The molecule has 1 amide bonds. The average Bonchev–Trinajstić information content (AvgIpc) is 2.74. The SMILES string of the molecule is CCOC(=O)C[C@@H]1c2cc(OC)c(OC)cc2CCN1CC(=O)Nc1cccc(C)c1. The maximum Gasteiger partial charge on any atom is 0.307 e. The van der Waals surface area contributed by atoms with Crippen LogP contribution in [0, 0.1) is 6.92 Å². The van der Waals surface area contributed by atoms with Gasteiger partial charge in [0.05, 0.1) is 33.8 Å². The van der Waals surface area contributed by atoms with Crippen molar-refractivity contribution in [1.82, 2.24) is 4.90 Å². The van der Waals surface area contributed by atoms with Crippen molar-refractivity contribution in [3.8, 4) is 11.5 Å². The van der Waals surface area contributed by atoms with Crippen molar-refractivity contribution >= 4 is 17.6 Å². The van der Waals surface area contributed by atoms with Gasteiger partial charge in [-0.3, -0.25) is 14.5 Å². The summed E-state index contributed by atoms with van der Waals surface area (Å²) in [6.45, 7) is 4.90. The van der Waals surface area contributed by atoms with Gasteiger partial charge in [-0.1, -0.05) is 12.1 Å². The first-order chi connectivity index (χ1) is 14.9. The Hall–Kier alpha value is -3.06. The van der Waals surface area contributed by atoms with Crippen LogP contribution in [-0.4, -0.2) is 50.7 Å². The second-order valence-electron chi connectivity index (χ2n) is 7.57. The molecule has 31 heavy (non-hydrogen) atoms. The molecule has 3 rings (SSSR count). The van der Waals surface area contributed by atoms with Crippen molar-refractivity contribution in [2.24, 2.45) is 0 Å². The van der Waals surface area contributed by atoms with E-state index in [0.717, 1.165) is 28.8 Å². The largest absolute Gasteiger partial charge is 0.493 e. The Balaban J connectivity index is 1.85. The number of carbonyl (C=O) groups excluding carboxylic acids is 2. The second kappa shape index (κ2) is 10.3. The molecule has 0 aliphatic carbocycles. The molecule has 0 radical (unpaired) electrons. The highest BCUT2D eigenvalue weighted by molar-refractivity contribution is 5.92. The minimum Gasteiger partial charge on any atom is -0.493 e. The summed E-state index contributed by atoms with van der Waals surface area (Å²) in [5.41, 5.74) is 3.88. The average molecular weight is 427 g/mol. The highest BCUT2D eigenvalue weighted by Crippen LogP contribution is 2.39. The van der Waals surface area contributed by atoms with Crippen molar-refractivity contribution in [1.29, 1.82) is 0 Å². The van der Waals surface area contributed by atoms with Crippen LogP contribution in [0.25, 0.3) is 0 Å². The molecule has 2 aromatic carbocycles. The summed E-state index contributed by atoms with van der Waals surface area (Å²) < 4.78 is 16.1. The number of rotatable bonds is 8. The predicted molar refractivity (Wildman–Crippen MR) is 119 cm³/mol. The smallest absolute Gasteiger partial charge is 0.307 e. The van der Waals surface area contributed by atoms with Crippen LogP contribution < -0.4 is 14.8 Å². The quantitative estimate of drug-likeness (QED) is 0.651. The molecule has 2 aromatic rings. The number of esters is 1. The molecule has 0 unspecified atom stereocenters. The highest BCUT2D eigenvalue weighted by Gasteiger charge is 2.32. The van der Waals surface area contributed by atoms with Gasteiger partial charge < -0.3 is 19.5 Å². The minimum atomic E-state index is -0.292. The zero-order valence-corrected chi connectivity index (χ0v) is 18.6. The summed E-state index contributed by atoms with van der Waals surface area (Å²) in [6.07, 6.45) is 0.904. The van der Waals surface area contributed by atoms with Gasteiger partial charge in [0.2, 0.25) is 5.91 Å². The zero-order chi connectivity index (χ0) is 22.4. The first kappa shape index (κ1) is 22.6. The first-order valence-corrected chi connectivity index (χ1v) is 10.5. The number of nitrogens with one attached hydrogen (secondary N) is 1. The van der Waals surface area contributed by atoms with E-state index in [0.29, 0.717) is 24.7 Å². The lowest BCUT2D eigenvalue weighted by atomic mass is 9.90. The third-order valence-electron chi connectivity index (χ3n) is 5.43. The Morgan fingerprint density at radius 2 is 1.87 bits per heavy atom. The summed E-state index contributed by atoms with van der Waals surface area (Å²) in [5, 5.41) is 2.95. The fourth-order valence-corrected chi connectivity index (χ4v) is 3.99. The van der Waals surface area contributed by atoms with E-state index in [1.165, 1.54) is 0 Å². The molecule has 1 aliphatic rings. The van der Waals surface area contributed by atoms with E-state index >= 15 is 0 Å². The summed E-state index contributed by atoms with van der Waals surface area (Å²) in [7, 11) is 3.19. The lowest BCUT2D eigenvalue weighted by molar-refractivity contribution is -0.145. The maximum atomic E-state index is 12.8. The predicted octanol–water partition coefficient (Wildman–Crippen LogP) is 3.50. The van der Waals surface area contributed by atoms with Crippen molar-refractivity contribution < 1.29 is 23.8 Å². The number of hydrogen-bond acceptors (Lipinski definition) is 6. The van der Waals surface area contributed by atoms with Crippen LogP contribution >= 0.6 is 0 Å². The number of carbonyl (C=O) groups is 2. The standard InChI is InChI=1S/C24H30N2O5/c1-5-31-24(28)14-20-19-13-22(30-4)21(29-3)12-17(19)9-10-26(20)15-23(27)25-18-8-6-7-16(2)11-18/h6-8,11-13,20H,5,9-10,14-15H2,1-4H3,(H,25,27)/t20-/m1/s1. The van der Waals surface area contributed by atoms with Crippen LogP contribution in [-0.2, 0) is 20.7 Å². The van der Waals surface area contributed by atoms with E-state index in [1.54, 1.807) is 21.1 Å². The van der Waals surface area contributed by atoms with Crippen molar-refractivity contribution in [2.75, 3.05) is 39.2 Å². The Labute approximate surface area is 183 Å². The number of benzene rings is 2. The van der Waals surface area contributed by atoms with Gasteiger partial charge in [0, 0.05) is 18.3 Å². The van der Waals surface area contributed by atoms with Gasteiger partial charge in [-0.25, -0.2) is 0 Å². The van der Waals surface area contributed by atoms with Crippen LogP contribution in [0.3, 0.4) is 0 Å². The number of aryl methyl sites for hydroxylation is 1. The second-order valence-corrected chi connectivity index (χ2v) is 7.57. The molecule has 0 saturated carbocycles. The van der Waals surface area contributed by atoms with Gasteiger partial charge in [0.25, 0.3) is 0 Å². The van der Waals surface area contributed by atoms with E-state index in [-0.39, 0.29) is 30.9 Å². The number of amides is 1. The monoisotopic (exact) mass is 426 g/mol. The number of fused-ring (bicyclic) bond motifs is 1. The van der Waals surface area contributed by atoms with Crippen LogP contribution in [0.15, 0.2) is 36.4 Å². The van der Waals surface area contributed by atoms with E-state index in [2.05, 4.69) is 5.32 Å². The molecular formula is C24H30N2O5. The number of hydrogen-bond donors (Lipinski definition) is 1. The number of nitrogens with zero attached hydrogens (tertiary/aromatic N) is 1. The zero-order valence-electron chi connectivity index (χ0n) is 18.6. The Kier molecular flexibility index (Phi) is 7.52. The van der Waals surface area contributed by atoms with Crippen molar-refractivity contribution in [3.05, 3.63) is 53.1 Å². The molecule has 0 saturated heterocycles. The van der Waals surface area contributed by atoms with Crippen LogP contribution in [0.5, 0.6) is 11.5 Å².